The maximum atomic E-state index is 12.5. The SMILES string of the molecule is CC(=O)NCCNC(=O)c1cnn(-c2ncc3c(n2)-c2ccccc2CCC3)c1C. The zero-order valence-electron chi connectivity index (χ0n) is 17.1. The molecule has 0 bridgehead atoms. The highest BCUT2D eigenvalue weighted by Gasteiger charge is 2.20. The van der Waals surface area contributed by atoms with Gasteiger partial charge in [0.25, 0.3) is 11.9 Å². The molecule has 1 aliphatic carbocycles. The number of carbonyl (C=O) groups is 2. The molecule has 0 fully saturated rings. The van der Waals surface area contributed by atoms with Crippen molar-refractivity contribution >= 4 is 11.8 Å². The summed E-state index contributed by atoms with van der Waals surface area (Å²) in [4.78, 5) is 32.7. The predicted octanol–water partition coefficient (Wildman–Crippen LogP) is 1.99. The normalized spacial score (nSPS) is 12.5. The Hall–Kier alpha value is -3.55. The second kappa shape index (κ2) is 8.44. The molecule has 1 aliphatic rings. The van der Waals surface area contributed by atoms with E-state index in [0.717, 1.165) is 36.1 Å². The van der Waals surface area contributed by atoms with Gasteiger partial charge in [-0.1, -0.05) is 24.3 Å². The van der Waals surface area contributed by atoms with Crippen molar-refractivity contribution in [2.24, 2.45) is 0 Å². The van der Waals surface area contributed by atoms with Crippen LogP contribution < -0.4 is 10.6 Å². The molecule has 4 rings (SSSR count). The minimum atomic E-state index is -0.246. The molecule has 0 saturated carbocycles. The average Bonchev–Trinajstić information content (AvgIpc) is 3.02. The molecule has 2 aromatic heterocycles. The first-order valence-corrected chi connectivity index (χ1v) is 10.1. The number of aryl methyl sites for hydroxylation is 2. The fourth-order valence-electron chi connectivity index (χ4n) is 3.70. The number of carbonyl (C=O) groups excluding carboxylic acids is 2. The lowest BCUT2D eigenvalue weighted by atomic mass is 10.0. The van der Waals surface area contributed by atoms with Crippen molar-refractivity contribution in [1.29, 1.82) is 0 Å². The van der Waals surface area contributed by atoms with E-state index in [4.69, 9.17) is 4.98 Å². The van der Waals surface area contributed by atoms with E-state index in [1.54, 1.807) is 4.68 Å². The fraction of sp³-hybridized carbons (Fsp3) is 0.318. The Labute approximate surface area is 174 Å². The highest BCUT2D eigenvalue weighted by Crippen LogP contribution is 2.31. The molecule has 2 amide bonds. The van der Waals surface area contributed by atoms with Crippen LogP contribution in [0.1, 0.15) is 40.5 Å². The molecule has 3 aromatic rings. The summed E-state index contributed by atoms with van der Waals surface area (Å²) in [5.74, 6) is 0.0691. The lowest BCUT2D eigenvalue weighted by Gasteiger charge is -2.11. The summed E-state index contributed by atoms with van der Waals surface area (Å²) in [6.45, 7) is 3.98. The van der Waals surface area contributed by atoms with Crippen molar-refractivity contribution in [1.82, 2.24) is 30.4 Å². The average molecular weight is 404 g/mol. The summed E-state index contributed by atoms with van der Waals surface area (Å²) in [7, 11) is 0. The Kier molecular flexibility index (Phi) is 5.56. The van der Waals surface area contributed by atoms with Crippen LogP contribution in [0.5, 0.6) is 0 Å². The largest absolute Gasteiger partial charge is 0.355 e. The lowest BCUT2D eigenvalue weighted by Crippen LogP contribution is -2.33. The van der Waals surface area contributed by atoms with Gasteiger partial charge in [0.15, 0.2) is 0 Å². The number of aromatic nitrogens is 4. The molecule has 8 nitrogen and oxygen atoms in total. The summed E-state index contributed by atoms with van der Waals surface area (Å²) >= 11 is 0. The van der Waals surface area contributed by atoms with Crippen LogP contribution in [0.3, 0.4) is 0 Å². The Balaban J connectivity index is 1.60. The number of benzene rings is 1. The summed E-state index contributed by atoms with van der Waals surface area (Å²) < 4.78 is 1.59. The molecule has 0 saturated heterocycles. The van der Waals surface area contributed by atoms with Crippen molar-refractivity contribution in [2.75, 3.05) is 13.1 Å². The molecule has 0 radical (unpaired) electrons. The van der Waals surface area contributed by atoms with Gasteiger partial charge in [0.1, 0.15) is 0 Å². The molecule has 0 aliphatic heterocycles. The van der Waals surface area contributed by atoms with E-state index < -0.39 is 0 Å². The molecule has 0 spiro atoms. The van der Waals surface area contributed by atoms with E-state index in [1.807, 2.05) is 19.2 Å². The van der Waals surface area contributed by atoms with E-state index in [0.29, 0.717) is 30.3 Å². The third-order valence-electron chi connectivity index (χ3n) is 5.24. The predicted molar refractivity (Wildman–Crippen MR) is 112 cm³/mol. The quantitative estimate of drug-likeness (QED) is 0.633. The van der Waals surface area contributed by atoms with Crippen LogP contribution in [-0.4, -0.2) is 44.7 Å². The number of amides is 2. The van der Waals surface area contributed by atoms with Gasteiger partial charge in [-0.3, -0.25) is 9.59 Å². The van der Waals surface area contributed by atoms with Crippen molar-refractivity contribution in [2.45, 2.75) is 33.1 Å². The van der Waals surface area contributed by atoms with Gasteiger partial charge in [-0.05, 0) is 37.3 Å². The Morgan fingerprint density at radius 1 is 1.07 bits per heavy atom. The number of nitrogens with one attached hydrogen (secondary N) is 2. The van der Waals surface area contributed by atoms with Crippen LogP contribution in [0, 0.1) is 6.92 Å². The molecule has 2 N–H and O–H groups in total. The van der Waals surface area contributed by atoms with Crippen molar-refractivity contribution in [3.05, 3.63) is 59.0 Å². The van der Waals surface area contributed by atoms with Crippen LogP contribution in [0.15, 0.2) is 36.7 Å². The highest BCUT2D eigenvalue weighted by molar-refractivity contribution is 5.95. The third-order valence-corrected chi connectivity index (χ3v) is 5.24. The van der Waals surface area contributed by atoms with Gasteiger partial charge in [-0.15, -0.1) is 0 Å². The standard InChI is InChI=1S/C22H24N6O2/c1-14-19(21(30)24-11-10-23-15(2)29)13-26-28(14)22-25-12-17-8-5-7-16-6-3-4-9-18(16)20(17)27-22/h3-4,6,9,12-13H,5,7-8,10-11H2,1-2H3,(H,23,29)(H,24,30). The number of nitrogens with zero attached hydrogens (tertiary/aromatic N) is 4. The van der Waals surface area contributed by atoms with Crippen LogP contribution in [0.25, 0.3) is 17.2 Å². The molecule has 1 aromatic carbocycles. The zero-order valence-corrected chi connectivity index (χ0v) is 17.1. The van der Waals surface area contributed by atoms with Gasteiger partial charge in [-0.25, -0.2) is 14.6 Å². The van der Waals surface area contributed by atoms with Gasteiger partial charge >= 0.3 is 0 Å². The fourth-order valence-corrected chi connectivity index (χ4v) is 3.70. The zero-order chi connectivity index (χ0) is 21.1. The molecular formula is C22H24N6O2. The van der Waals surface area contributed by atoms with Crippen molar-refractivity contribution in [3.8, 4) is 17.2 Å². The minimum Gasteiger partial charge on any atom is -0.355 e. The van der Waals surface area contributed by atoms with Gasteiger partial charge in [0.2, 0.25) is 5.91 Å². The van der Waals surface area contributed by atoms with E-state index in [2.05, 4.69) is 38.9 Å². The van der Waals surface area contributed by atoms with Gasteiger partial charge < -0.3 is 10.6 Å². The molecule has 0 atom stereocenters. The number of fused-ring (bicyclic) bond motifs is 3. The smallest absolute Gasteiger partial charge is 0.254 e. The molecule has 154 valence electrons. The number of rotatable bonds is 5. The molecule has 2 heterocycles. The van der Waals surface area contributed by atoms with Crippen LogP contribution in [0.2, 0.25) is 0 Å². The van der Waals surface area contributed by atoms with Crippen LogP contribution >= 0.6 is 0 Å². The van der Waals surface area contributed by atoms with Crippen molar-refractivity contribution < 1.29 is 9.59 Å². The van der Waals surface area contributed by atoms with Gasteiger partial charge in [0, 0.05) is 31.8 Å². The Bertz CT molecular complexity index is 1100. The third kappa shape index (κ3) is 3.94. The highest BCUT2D eigenvalue weighted by atomic mass is 16.2. The van der Waals surface area contributed by atoms with Crippen molar-refractivity contribution in [3.63, 3.8) is 0 Å². The van der Waals surface area contributed by atoms with E-state index in [-0.39, 0.29) is 11.8 Å². The Morgan fingerprint density at radius 3 is 2.67 bits per heavy atom. The first kappa shape index (κ1) is 19.8. The molecule has 30 heavy (non-hydrogen) atoms. The van der Waals surface area contributed by atoms with E-state index >= 15 is 0 Å². The number of hydrogen-bond donors (Lipinski definition) is 2. The summed E-state index contributed by atoms with van der Waals surface area (Å²) in [5.41, 5.74) is 5.60. The maximum Gasteiger partial charge on any atom is 0.254 e. The first-order valence-electron chi connectivity index (χ1n) is 10.1. The summed E-state index contributed by atoms with van der Waals surface area (Å²) in [6.07, 6.45) is 6.41. The maximum absolute atomic E-state index is 12.5. The van der Waals surface area contributed by atoms with E-state index in [9.17, 15) is 9.59 Å². The molecular weight excluding hydrogens is 380 g/mol. The monoisotopic (exact) mass is 404 g/mol. The molecule has 8 heteroatoms. The van der Waals surface area contributed by atoms with Gasteiger partial charge in [0.05, 0.1) is 23.1 Å². The molecule has 0 unspecified atom stereocenters. The number of hydrogen-bond acceptors (Lipinski definition) is 5. The van der Waals surface area contributed by atoms with Gasteiger partial charge in [-0.2, -0.15) is 5.10 Å². The van der Waals surface area contributed by atoms with E-state index in [1.165, 1.54) is 18.7 Å². The topological polar surface area (TPSA) is 102 Å². The second-order valence-electron chi connectivity index (χ2n) is 7.35. The lowest BCUT2D eigenvalue weighted by molar-refractivity contribution is -0.118. The first-order chi connectivity index (χ1) is 14.5. The second-order valence-corrected chi connectivity index (χ2v) is 7.35. The summed E-state index contributed by atoms with van der Waals surface area (Å²) in [5, 5.41) is 9.78. The summed E-state index contributed by atoms with van der Waals surface area (Å²) in [6, 6.07) is 8.33. The Morgan fingerprint density at radius 2 is 1.83 bits per heavy atom. The minimum absolute atomic E-state index is 0.129. The van der Waals surface area contributed by atoms with Crippen LogP contribution in [0.4, 0.5) is 0 Å². The van der Waals surface area contributed by atoms with Crippen LogP contribution in [-0.2, 0) is 17.6 Å².